The molecule has 3 heterocycles. The van der Waals surface area contributed by atoms with E-state index in [-0.39, 0.29) is 5.91 Å². The van der Waals surface area contributed by atoms with Crippen LogP contribution in [0, 0.1) is 5.92 Å². The van der Waals surface area contributed by atoms with Gasteiger partial charge in [-0.3, -0.25) is 14.4 Å². The first-order valence-corrected chi connectivity index (χ1v) is 9.36. The first-order chi connectivity index (χ1) is 12.7. The van der Waals surface area contributed by atoms with Crippen molar-refractivity contribution < 1.29 is 9.32 Å². The van der Waals surface area contributed by atoms with Crippen LogP contribution in [0.1, 0.15) is 44.3 Å². The molecule has 0 saturated carbocycles. The third-order valence-electron chi connectivity index (χ3n) is 4.63. The number of likely N-dealkylation sites (tertiary alicyclic amines) is 1. The van der Waals surface area contributed by atoms with Gasteiger partial charge in [-0.05, 0) is 31.7 Å². The Labute approximate surface area is 153 Å². The minimum absolute atomic E-state index is 0.103. The van der Waals surface area contributed by atoms with E-state index in [9.17, 15) is 4.79 Å². The van der Waals surface area contributed by atoms with Gasteiger partial charge in [0.1, 0.15) is 12.7 Å². The zero-order chi connectivity index (χ0) is 18.2. The predicted molar refractivity (Wildman–Crippen MR) is 93.9 cm³/mol. The van der Waals surface area contributed by atoms with Crippen molar-refractivity contribution in [3.8, 4) is 0 Å². The Morgan fingerprint density at radius 3 is 3.15 bits per heavy atom. The summed E-state index contributed by atoms with van der Waals surface area (Å²) in [6.07, 6.45) is 7.51. The normalized spacial score (nSPS) is 18.1. The third-order valence-corrected chi connectivity index (χ3v) is 4.63. The van der Waals surface area contributed by atoms with Crippen LogP contribution < -0.4 is 5.32 Å². The number of hydrogen-bond acceptors (Lipinski definition) is 7. The zero-order valence-corrected chi connectivity index (χ0v) is 15.3. The smallest absolute Gasteiger partial charge is 0.240 e. The molecule has 0 aliphatic carbocycles. The summed E-state index contributed by atoms with van der Waals surface area (Å²) in [4.78, 5) is 22.6. The van der Waals surface area contributed by atoms with Crippen molar-refractivity contribution in [3.05, 3.63) is 24.4 Å². The van der Waals surface area contributed by atoms with E-state index in [1.54, 1.807) is 11.0 Å². The van der Waals surface area contributed by atoms with Gasteiger partial charge in [0.2, 0.25) is 11.8 Å². The number of rotatable bonds is 9. The lowest BCUT2D eigenvalue weighted by Crippen LogP contribution is -2.40. The van der Waals surface area contributed by atoms with Crippen LogP contribution in [0.3, 0.4) is 0 Å². The van der Waals surface area contributed by atoms with E-state index in [0.29, 0.717) is 31.3 Å². The second-order valence-electron chi connectivity index (χ2n) is 6.77. The Morgan fingerprint density at radius 2 is 2.38 bits per heavy atom. The number of aryl methyl sites for hydroxylation is 2. The van der Waals surface area contributed by atoms with Gasteiger partial charge >= 0.3 is 0 Å². The molecular weight excluding hydrogens is 334 g/mol. The Hall–Kier alpha value is -2.29. The summed E-state index contributed by atoms with van der Waals surface area (Å²) in [5.74, 6) is 2.01. The molecule has 1 unspecified atom stereocenters. The van der Waals surface area contributed by atoms with Crippen molar-refractivity contribution in [1.29, 1.82) is 0 Å². The lowest BCUT2D eigenvalue weighted by atomic mass is 9.98. The number of carbonyl (C=O) groups excluding carboxylic acids is 1. The summed E-state index contributed by atoms with van der Waals surface area (Å²) in [6.45, 7) is 6.13. The van der Waals surface area contributed by atoms with Crippen molar-refractivity contribution in [2.75, 3.05) is 19.6 Å². The molecule has 0 bridgehead atoms. The van der Waals surface area contributed by atoms with Gasteiger partial charge in [-0.1, -0.05) is 12.1 Å². The molecule has 142 valence electrons. The van der Waals surface area contributed by atoms with Crippen LogP contribution in [0.5, 0.6) is 0 Å². The van der Waals surface area contributed by atoms with Crippen molar-refractivity contribution in [2.45, 2.75) is 52.1 Å². The number of hydrogen-bond donors (Lipinski definition) is 1. The number of carbonyl (C=O) groups is 1. The minimum Gasteiger partial charge on any atom is -0.356 e. The fourth-order valence-corrected chi connectivity index (χ4v) is 3.25. The fourth-order valence-electron chi connectivity index (χ4n) is 3.25. The maximum atomic E-state index is 12.0. The molecule has 1 fully saturated rings. The highest BCUT2D eigenvalue weighted by Crippen LogP contribution is 2.17. The molecule has 0 spiro atoms. The van der Waals surface area contributed by atoms with Gasteiger partial charge in [0.15, 0.2) is 5.82 Å². The Balaban J connectivity index is 1.34. The molecule has 1 atom stereocenters. The molecule has 1 amide bonds. The molecule has 26 heavy (non-hydrogen) atoms. The maximum absolute atomic E-state index is 12.0. The maximum Gasteiger partial charge on any atom is 0.240 e. The molecule has 9 heteroatoms. The van der Waals surface area contributed by atoms with Gasteiger partial charge in [0, 0.05) is 32.5 Å². The molecule has 9 nitrogen and oxygen atoms in total. The summed E-state index contributed by atoms with van der Waals surface area (Å²) >= 11 is 0. The SMILES string of the molecule is CCc1noc(CN2CCCC(CNC(=O)CCCn3cncn3)C2)n1. The topological polar surface area (TPSA) is 102 Å². The van der Waals surface area contributed by atoms with Crippen LogP contribution in [0.4, 0.5) is 0 Å². The molecule has 1 aliphatic rings. The molecule has 0 radical (unpaired) electrons. The van der Waals surface area contributed by atoms with Crippen LogP contribution in [0.25, 0.3) is 0 Å². The van der Waals surface area contributed by atoms with E-state index >= 15 is 0 Å². The van der Waals surface area contributed by atoms with Gasteiger partial charge in [-0.2, -0.15) is 10.1 Å². The quantitative estimate of drug-likeness (QED) is 0.712. The van der Waals surface area contributed by atoms with Gasteiger partial charge in [-0.15, -0.1) is 0 Å². The highest BCUT2D eigenvalue weighted by atomic mass is 16.5. The minimum atomic E-state index is 0.103. The number of amides is 1. The summed E-state index contributed by atoms with van der Waals surface area (Å²) < 4.78 is 7.03. The van der Waals surface area contributed by atoms with Gasteiger partial charge in [0.25, 0.3) is 0 Å². The van der Waals surface area contributed by atoms with Crippen LogP contribution in [0.2, 0.25) is 0 Å². The van der Waals surface area contributed by atoms with Crippen molar-refractivity contribution in [3.63, 3.8) is 0 Å². The standard InChI is InChI=1S/C17H27N7O2/c1-2-15-21-17(26-22-15)11-23-7-3-5-14(10-23)9-19-16(25)6-4-8-24-13-18-12-20-24/h12-14H,2-11H2,1H3,(H,19,25). The summed E-state index contributed by atoms with van der Waals surface area (Å²) in [5, 5.41) is 11.0. The highest BCUT2D eigenvalue weighted by Gasteiger charge is 2.22. The number of piperidine rings is 1. The molecule has 0 aromatic carbocycles. The van der Waals surface area contributed by atoms with Crippen molar-refractivity contribution >= 4 is 5.91 Å². The van der Waals surface area contributed by atoms with E-state index in [1.165, 1.54) is 6.33 Å². The van der Waals surface area contributed by atoms with Crippen LogP contribution in [0.15, 0.2) is 17.2 Å². The van der Waals surface area contributed by atoms with E-state index in [1.807, 2.05) is 6.92 Å². The lowest BCUT2D eigenvalue weighted by molar-refractivity contribution is -0.121. The van der Waals surface area contributed by atoms with Crippen LogP contribution >= 0.6 is 0 Å². The molecule has 1 aliphatic heterocycles. The average Bonchev–Trinajstić information content (AvgIpc) is 3.32. The largest absolute Gasteiger partial charge is 0.356 e. The second-order valence-corrected chi connectivity index (χ2v) is 6.77. The van der Waals surface area contributed by atoms with Gasteiger partial charge < -0.3 is 9.84 Å². The first kappa shape index (κ1) is 18.5. The van der Waals surface area contributed by atoms with Gasteiger partial charge in [-0.25, -0.2) is 4.98 Å². The molecule has 2 aromatic heterocycles. The molecule has 1 N–H and O–H groups in total. The lowest BCUT2D eigenvalue weighted by Gasteiger charge is -2.31. The number of nitrogens with one attached hydrogen (secondary N) is 1. The molecular formula is C17H27N7O2. The van der Waals surface area contributed by atoms with Crippen molar-refractivity contribution in [1.82, 2.24) is 35.1 Å². The van der Waals surface area contributed by atoms with E-state index < -0.39 is 0 Å². The summed E-state index contributed by atoms with van der Waals surface area (Å²) in [6, 6.07) is 0. The summed E-state index contributed by atoms with van der Waals surface area (Å²) in [7, 11) is 0. The second kappa shape index (κ2) is 9.42. The van der Waals surface area contributed by atoms with E-state index in [4.69, 9.17) is 4.52 Å². The zero-order valence-electron chi connectivity index (χ0n) is 15.3. The third kappa shape index (κ3) is 5.62. The van der Waals surface area contributed by atoms with Crippen LogP contribution in [-0.2, 0) is 24.3 Å². The van der Waals surface area contributed by atoms with E-state index in [0.717, 1.165) is 51.1 Å². The highest BCUT2D eigenvalue weighted by molar-refractivity contribution is 5.75. The number of aromatic nitrogens is 5. The molecule has 1 saturated heterocycles. The fraction of sp³-hybridized carbons (Fsp3) is 0.706. The Kier molecular flexibility index (Phi) is 6.70. The summed E-state index contributed by atoms with van der Waals surface area (Å²) in [5.41, 5.74) is 0. The molecule has 2 aromatic rings. The van der Waals surface area contributed by atoms with Crippen molar-refractivity contribution in [2.24, 2.45) is 5.92 Å². The van der Waals surface area contributed by atoms with Gasteiger partial charge in [0.05, 0.1) is 6.54 Å². The monoisotopic (exact) mass is 361 g/mol. The predicted octanol–water partition coefficient (Wildman–Crippen LogP) is 1.03. The average molecular weight is 361 g/mol. The molecule has 3 rings (SSSR count). The van der Waals surface area contributed by atoms with Crippen LogP contribution in [-0.4, -0.2) is 55.3 Å². The Bertz CT molecular complexity index is 670. The van der Waals surface area contributed by atoms with E-state index in [2.05, 4.69) is 30.4 Å². The first-order valence-electron chi connectivity index (χ1n) is 9.36. The Morgan fingerprint density at radius 1 is 1.46 bits per heavy atom. The number of nitrogens with zero attached hydrogens (tertiary/aromatic N) is 6.